The molecule has 0 amide bonds. The second-order valence-electron chi connectivity index (χ2n) is 4.77. The van der Waals surface area contributed by atoms with E-state index in [1.54, 1.807) is 20.5 Å². The van der Waals surface area contributed by atoms with Gasteiger partial charge < -0.3 is 18.8 Å². The van der Waals surface area contributed by atoms with Gasteiger partial charge in [0, 0.05) is 12.7 Å². The van der Waals surface area contributed by atoms with Crippen molar-refractivity contribution >= 4 is 11.8 Å². The van der Waals surface area contributed by atoms with Gasteiger partial charge in [0.25, 0.3) is 0 Å². The standard InChI is InChI=1S/C17H17NO3/c1-12(15-5-4-8-21-15)18-7-6-13-9-16(19-2)17(20-3)10-14(13)11-18/h4-10H,1,11H2,2-3H3. The number of rotatable bonds is 4. The van der Waals surface area contributed by atoms with Crippen LogP contribution in [0.25, 0.3) is 11.8 Å². The van der Waals surface area contributed by atoms with Crippen molar-refractivity contribution < 1.29 is 13.9 Å². The third kappa shape index (κ3) is 2.40. The van der Waals surface area contributed by atoms with Crippen molar-refractivity contribution in [1.29, 1.82) is 0 Å². The molecule has 1 aromatic carbocycles. The van der Waals surface area contributed by atoms with Gasteiger partial charge in [0.15, 0.2) is 11.5 Å². The minimum Gasteiger partial charge on any atom is -0.493 e. The van der Waals surface area contributed by atoms with Crippen LogP contribution in [0.15, 0.2) is 47.7 Å². The highest BCUT2D eigenvalue weighted by atomic mass is 16.5. The van der Waals surface area contributed by atoms with Crippen LogP contribution >= 0.6 is 0 Å². The summed E-state index contributed by atoms with van der Waals surface area (Å²) in [6.07, 6.45) is 5.68. The first-order valence-electron chi connectivity index (χ1n) is 6.65. The van der Waals surface area contributed by atoms with E-state index < -0.39 is 0 Å². The maximum absolute atomic E-state index is 5.40. The molecule has 3 rings (SSSR count). The summed E-state index contributed by atoms with van der Waals surface area (Å²) in [6.45, 7) is 4.81. The van der Waals surface area contributed by atoms with Crippen LogP contribution in [-0.4, -0.2) is 19.1 Å². The zero-order chi connectivity index (χ0) is 14.8. The third-order valence-corrected chi connectivity index (χ3v) is 3.57. The number of benzene rings is 1. The Balaban J connectivity index is 1.91. The van der Waals surface area contributed by atoms with E-state index >= 15 is 0 Å². The van der Waals surface area contributed by atoms with Gasteiger partial charge >= 0.3 is 0 Å². The Morgan fingerprint density at radius 2 is 2.00 bits per heavy atom. The molecule has 2 aromatic rings. The van der Waals surface area contributed by atoms with Gasteiger partial charge in [-0.2, -0.15) is 0 Å². The summed E-state index contributed by atoms with van der Waals surface area (Å²) in [6, 6.07) is 7.74. The van der Waals surface area contributed by atoms with Gasteiger partial charge in [-0.25, -0.2) is 0 Å². The van der Waals surface area contributed by atoms with Crippen LogP contribution < -0.4 is 9.47 Å². The Bertz CT molecular complexity index is 686. The monoisotopic (exact) mass is 283 g/mol. The zero-order valence-electron chi connectivity index (χ0n) is 12.1. The van der Waals surface area contributed by atoms with Crippen LogP contribution in [0.3, 0.4) is 0 Å². The fourth-order valence-electron chi connectivity index (χ4n) is 2.41. The topological polar surface area (TPSA) is 34.8 Å². The molecule has 4 nitrogen and oxygen atoms in total. The first-order valence-corrected chi connectivity index (χ1v) is 6.65. The van der Waals surface area contributed by atoms with E-state index in [1.807, 2.05) is 41.4 Å². The van der Waals surface area contributed by atoms with Crippen LogP contribution in [0, 0.1) is 0 Å². The van der Waals surface area contributed by atoms with Crippen LogP contribution in [-0.2, 0) is 6.54 Å². The molecule has 1 aliphatic heterocycles. The summed E-state index contributed by atoms with van der Waals surface area (Å²) in [5, 5.41) is 0. The maximum atomic E-state index is 5.40. The molecule has 0 saturated carbocycles. The average Bonchev–Trinajstić information content (AvgIpc) is 3.06. The Kier molecular flexibility index (Phi) is 3.44. The minimum atomic E-state index is 0.714. The number of hydrogen-bond donors (Lipinski definition) is 0. The Hall–Kier alpha value is -2.62. The quantitative estimate of drug-likeness (QED) is 0.856. The van der Waals surface area contributed by atoms with Gasteiger partial charge in [-0.3, -0.25) is 0 Å². The fraction of sp³-hybridized carbons (Fsp3) is 0.176. The summed E-state index contributed by atoms with van der Waals surface area (Å²) in [4.78, 5) is 2.05. The summed E-state index contributed by atoms with van der Waals surface area (Å²) in [5.41, 5.74) is 3.11. The highest BCUT2D eigenvalue weighted by molar-refractivity contribution is 5.66. The Morgan fingerprint density at radius 3 is 2.67 bits per heavy atom. The number of fused-ring (bicyclic) bond motifs is 1. The van der Waals surface area contributed by atoms with Crippen molar-refractivity contribution in [3.05, 3.63) is 60.2 Å². The first-order chi connectivity index (χ1) is 10.2. The van der Waals surface area contributed by atoms with Gasteiger partial charge in [-0.1, -0.05) is 6.58 Å². The molecule has 0 radical (unpaired) electrons. The van der Waals surface area contributed by atoms with E-state index in [9.17, 15) is 0 Å². The molecule has 1 aliphatic rings. The van der Waals surface area contributed by atoms with E-state index in [-0.39, 0.29) is 0 Å². The molecular formula is C17H17NO3. The van der Waals surface area contributed by atoms with Crippen molar-refractivity contribution in [2.75, 3.05) is 14.2 Å². The number of hydrogen-bond acceptors (Lipinski definition) is 4. The Morgan fingerprint density at radius 1 is 1.24 bits per heavy atom. The third-order valence-electron chi connectivity index (χ3n) is 3.57. The molecule has 0 fully saturated rings. The lowest BCUT2D eigenvalue weighted by molar-refractivity contribution is 0.353. The van der Waals surface area contributed by atoms with Crippen LogP contribution in [0.1, 0.15) is 16.9 Å². The maximum Gasteiger partial charge on any atom is 0.161 e. The van der Waals surface area contributed by atoms with Gasteiger partial charge in [-0.15, -0.1) is 0 Å². The Labute approximate surface area is 123 Å². The molecule has 0 bridgehead atoms. The van der Waals surface area contributed by atoms with Crippen molar-refractivity contribution in [2.45, 2.75) is 6.54 Å². The zero-order valence-corrected chi connectivity index (χ0v) is 12.1. The van der Waals surface area contributed by atoms with Gasteiger partial charge in [0.1, 0.15) is 5.76 Å². The van der Waals surface area contributed by atoms with E-state index in [4.69, 9.17) is 13.9 Å². The molecule has 0 unspecified atom stereocenters. The van der Waals surface area contributed by atoms with Crippen molar-refractivity contribution in [3.63, 3.8) is 0 Å². The number of ether oxygens (including phenoxy) is 2. The second kappa shape index (κ2) is 5.40. The molecule has 108 valence electrons. The molecular weight excluding hydrogens is 266 g/mol. The summed E-state index contributed by atoms with van der Waals surface area (Å²) in [5.74, 6) is 2.23. The smallest absolute Gasteiger partial charge is 0.161 e. The van der Waals surface area contributed by atoms with Gasteiger partial charge in [0.05, 0.1) is 26.2 Å². The summed E-state index contributed by atoms with van der Waals surface area (Å²) in [7, 11) is 3.28. The molecule has 4 heteroatoms. The SMILES string of the molecule is C=C(c1ccco1)N1C=Cc2cc(OC)c(OC)cc2C1. The molecule has 0 N–H and O–H groups in total. The summed E-state index contributed by atoms with van der Waals surface area (Å²) >= 11 is 0. The van der Waals surface area contributed by atoms with Crippen LogP contribution in [0.5, 0.6) is 11.5 Å². The van der Waals surface area contributed by atoms with E-state index in [0.29, 0.717) is 6.54 Å². The highest BCUT2D eigenvalue weighted by Crippen LogP contribution is 2.35. The second-order valence-corrected chi connectivity index (χ2v) is 4.77. The van der Waals surface area contributed by atoms with Crippen LogP contribution in [0.4, 0.5) is 0 Å². The van der Waals surface area contributed by atoms with Crippen molar-refractivity contribution in [3.8, 4) is 11.5 Å². The van der Waals surface area contributed by atoms with E-state index in [2.05, 4.69) is 6.58 Å². The molecule has 2 heterocycles. The first kappa shape index (κ1) is 13.4. The number of furan rings is 1. The lowest BCUT2D eigenvalue weighted by atomic mass is 10.0. The largest absolute Gasteiger partial charge is 0.493 e. The average molecular weight is 283 g/mol. The lowest BCUT2D eigenvalue weighted by Crippen LogP contribution is -2.18. The number of nitrogens with zero attached hydrogens (tertiary/aromatic N) is 1. The predicted molar refractivity (Wildman–Crippen MR) is 81.9 cm³/mol. The van der Waals surface area contributed by atoms with E-state index in [0.717, 1.165) is 34.1 Å². The molecule has 0 aliphatic carbocycles. The number of methoxy groups -OCH3 is 2. The van der Waals surface area contributed by atoms with Gasteiger partial charge in [-0.05, 0) is 41.5 Å². The molecule has 1 aromatic heterocycles. The fourth-order valence-corrected chi connectivity index (χ4v) is 2.41. The van der Waals surface area contributed by atoms with E-state index in [1.165, 1.54) is 0 Å². The predicted octanol–water partition coefficient (Wildman–Crippen LogP) is 3.75. The molecule has 21 heavy (non-hydrogen) atoms. The van der Waals surface area contributed by atoms with Gasteiger partial charge in [0.2, 0.25) is 0 Å². The molecule has 0 saturated heterocycles. The lowest BCUT2D eigenvalue weighted by Gasteiger charge is -2.26. The summed E-state index contributed by atoms with van der Waals surface area (Å²) < 4.78 is 16.1. The highest BCUT2D eigenvalue weighted by Gasteiger charge is 2.18. The normalized spacial score (nSPS) is 13.0. The van der Waals surface area contributed by atoms with Crippen molar-refractivity contribution in [1.82, 2.24) is 4.90 Å². The molecule has 0 atom stereocenters. The van der Waals surface area contributed by atoms with Crippen molar-refractivity contribution in [2.24, 2.45) is 0 Å². The molecule has 0 spiro atoms. The minimum absolute atomic E-state index is 0.714. The van der Waals surface area contributed by atoms with Crippen LogP contribution in [0.2, 0.25) is 0 Å².